The van der Waals surface area contributed by atoms with Gasteiger partial charge in [-0.05, 0) is 109 Å². The van der Waals surface area contributed by atoms with Crippen molar-refractivity contribution in [1.82, 2.24) is 0 Å². The maximum atomic E-state index is 5.55. The van der Waals surface area contributed by atoms with E-state index in [1.165, 1.54) is 46.2 Å². The molecule has 4 rings (SSSR count). The van der Waals surface area contributed by atoms with Gasteiger partial charge in [0.25, 0.3) is 0 Å². The van der Waals surface area contributed by atoms with E-state index in [4.69, 9.17) is 5.73 Å². The molecule has 1 atom stereocenters. The summed E-state index contributed by atoms with van der Waals surface area (Å²) in [6.45, 7) is 37.4. The highest BCUT2D eigenvalue weighted by molar-refractivity contribution is 5.63. The number of hydrogen-bond acceptors (Lipinski definition) is 1. The van der Waals surface area contributed by atoms with Gasteiger partial charge in [0.05, 0.1) is 0 Å². The van der Waals surface area contributed by atoms with Gasteiger partial charge >= 0.3 is 0 Å². The number of hydrogen-bond donors (Lipinski definition) is 1. The Bertz CT molecular complexity index is 1160. The molecule has 0 saturated heterocycles. The molecule has 1 heteroatoms. The first-order chi connectivity index (χ1) is 21.0. The zero-order chi connectivity index (χ0) is 34.3. The Kier molecular flexibility index (Phi) is 23.4. The predicted octanol–water partition coefficient (Wildman–Crippen LogP) is 13.1. The number of allylic oxidation sites excluding steroid dienone is 8. The van der Waals surface area contributed by atoms with Gasteiger partial charge in [0.15, 0.2) is 0 Å². The molecule has 0 saturated carbocycles. The van der Waals surface area contributed by atoms with E-state index in [-0.39, 0.29) is 0 Å². The summed E-state index contributed by atoms with van der Waals surface area (Å²) in [6.07, 6.45) is 15.4. The van der Waals surface area contributed by atoms with Gasteiger partial charge in [-0.15, -0.1) is 13.2 Å². The molecule has 0 radical (unpaired) electrons. The minimum absolute atomic E-state index is 0.456. The van der Waals surface area contributed by atoms with E-state index in [1.54, 1.807) is 5.56 Å². The Morgan fingerprint density at radius 2 is 1.41 bits per heavy atom. The van der Waals surface area contributed by atoms with Gasteiger partial charge in [0.1, 0.15) is 0 Å². The predicted molar refractivity (Wildman–Crippen MR) is 204 cm³/mol. The van der Waals surface area contributed by atoms with Crippen molar-refractivity contribution in [2.24, 2.45) is 11.1 Å². The second-order valence-corrected chi connectivity index (χ2v) is 11.7. The standard InChI is InChI=1S/C16H22.C11H15N.C10H14.2C2H6.C2H4/c1-11(2)13-6-7-14-10-16(4,5)9-12(3)15(14)8-13;1-9(8-10(2)12)11-6-4-3-5-7-11;1-3-9-5-7-10(4-2)8-6-9;3*1-2/h6-8,12H,1,9-10H2,2-5H3;4,6-8H,1,3,5,12H2,2H3;5-8H,3-4H2,1-2H3;2*1-2H3;1-2H2/b;10-8-;;;;. The molecule has 0 fully saturated rings. The SMILES string of the molecule is C=C.C=C(/C=C(/C)N)C1=CCCC=C1.C=C(C)c1ccc2c(c1)C(C)CC(C)(C)C2.CC.CC.CCc1ccc(CC)cc1. The largest absolute Gasteiger partial charge is 0.402 e. The summed E-state index contributed by atoms with van der Waals surface area (Å²) in [4.78, 5) is 0. The zero-order valence-corrected chi connectivity index (χ0v) is 30.6. The van der Waals surface area contributed by atoms with Crippen LogP contribution in [0, 0.1) is 5.41 Å². The van der Waals surface area contributed by atoms with Crippen LogP contribution < -0.4 is 5.73 Å². The molecule has 0 spiro atoms. The molecule has 1 unspecified atom stereocenters. The Hall–Kier alpha value is -3.32. The first-order valence-electron chi connectivity index (χ1n) is 16.8. The van der Waals surface area contributed by atoms with Gasteiger partial charge in [0.2, 0.25) is 0 Å². The lowest BCUT2D eigenvalue weighted by molar-refractivity contribution is 0.288. The summed E-state index contributed by atoms with van der Waals surface area (Å²) in [6, 6.07) is 15.7. The molecular formula is C43H67N. The number of aryl methyl sites for hydroxylation is 2. The van der Waals surface area contributed by atoms with Gasteiger partial charge in [-0.2, -0.15) is 0 Å². The third kappa shape index (κ3) is 16.5. The average Bonchev–Trinajstić information content (AvgIpc) is 3.04. The van der Waals surface area contributed by atoms with E-state index in [2.05, 4.69) is 129 Å². The Labute approximate surface area is 274 Å². The highest BCUT2D eigenvalue weighted by atomic mass is 14.5. The number of nitrogens with two attached hydrogens (primary N) is 1. The molecule has 2 aromatic carbocycles. The first kappa shape index (κ1) is 42.8. The van der Waals surface area contributed by atoms with Gasteiger partial charge in [-0.3, -0.25) is 0 Å². The zero-order valence-electron chi connectivity index (χ0n) is 30.6. The first-order valence-corrected chi connectivity index (χ1v) is 16.8. The summed E-state index contributed by atoms with van der Waals surface area (Å²) >= 11 is 0. The summed E-state index contributed by atoms with van der Waals surface area (Å²) in [7, 11) is 0. The molecule has 0 aromatic heterocycles. The third-order valence-electron chi connectivity index (χ3n) is 7.30. The Morgan fingerprint density at radius 1 is 0.886 bits per heavy atom. The fourth-order valence-corrected chi connectivity index (χ4v) is 5.23. The second kappa shape index (κ2) is 24.1. The van der Waals surface area contributed by atoms with E-state index in [1.807, 2.05) is 40.7 Å². The van der Waals surface area contributed by atoms with Crippen molar-refractivity contribution in [2.75, 3.05) is 0 Å². The summed E-state index contributed by atoms with van der Waals surface area (Å²) in [5, 5.41) is 0. The van der Waals surface area contributed by atoms with Crippen LogP contribution in [0.1, 0.15) is 129 Å². The molecular weight excluding hydrogens is 530 g/mol. The van der Waals surface area contributed by atoms with E-state index in [0.717, 1.165) is 37.0 Å². The molecule has 44 heavy (non-hydrogen) atoms. The molecule has 0 amide bonds. The van der Waals surface area contributed by atoms with Crippen LogP contribution in [0.4, 0.5) is 0 Å². The lowest BCUT2D eigenvalue weighted by Gasteiger charge is -2.35. The highest BCUT2D eigenvalue weighted by Gasteiger charge is 2.29. The molecule has 0 heterocycles. The third-order valence-corrected chi connectivity index (χ3v) is 7.30. The van der Waals surface area contributed by atoms with Crippen molar-refractivity contribution in [3.8, 4) is 0 Å². The molecule has 244 valence electrons. The van der Waals surface area contributed by atoms with Gasteiger partial charge in [0, 0.05) is 5.70 Å². The quantitative estimate of drug-likeness (QED) is 0.269. The smallest absolute Gasteiger partial charge is 0.00548 e. The van der Waals surface area contributed by atoms with Crippen molar-refractivity contribution >= 4 is 5.57 Å². The fourth-order valence-electron chi connectivity index (χ4n) is 5.23. The van der Waals surface area contributed by atoms with Crippen molar-refractivity contribution in [3.63, 3.8) is 0 Å². The molecule has 2 N–H and O–H groups in total. The molecule has 0 bridgehead atoms. The van der Waals surface area contributed by atoms with Crippen LogP contribution in [0.5, 0.6) is 0 Å². The minimum Gasteiger partial charge on any atom is -0.402 e. The monoisotopic (exact) mass is 598 g/mol. The average molecular weight is 598 g/mol. The molecule has 2 aliphatic carbocycles. The fraction of sp³-hybridized carbons (Fsp3) is 0.442. The number of benzene rings is 2. The van der Waals surface area contributed by atoms with E-state index in [9.17, 15) is 0 Å². The second-order valence-electron chi connectivity index (χ2n) is 11.7. The lowest BCUT2D eigenvalue weighted by atomic mass is 9.69. The van der Waals surface area contributed by atoms with Gasteiger partial charge < -0.3 is 5.73 Å². The van der Waals surface area contributed by atoms with Crippen molar-refractivity contribution < 1.29 is 0 Å². The topological polar surface area (TPSA) is 26.0 Å². The van der Waals surface area contributed by atoms with Crippen LogP contribution in [0.25, 0.3) is 5.57 Å². The number of fused-ring (bicyclic) bond motifs is 1. The van der Waals surface area contributed by atoms with Crippen molar-refractivity contribution in [2.45, 2.75) is 121 Å². The molecule has 1 nitrogen and oxygen atoms in total. The minimum atomic E-state index is 0.456. The van der Waals surface area contributed by atoms with Crippen LogP contribution in [-0.2, 0) is 19.3 Å². The van der Waals surface area contributed by atoms with Crippen LogP contribution in [0.3, 0.4) is 0 Å². The van der Waals surface area contributed by atoms with E-state index in [0.29, 0.717) is 11.3 Å². The molecule has 2 aromatic rings. The van der Waals surface area contributed by atoms with E-state index < -0.39 is 0 Å². The van der Waals surface area contributed by atoms with Crippen LogP contribution in [-0.4, -0.2) is 0 Å². The molecule has 2 aliphatic rings. The van der Waals surface area contributed by atoms with Crippen LogP contribution in [0.2, 0.25) is 0 Å². The lowest BCUT2D eigenvalue weighted by Crippen LogP contribution is -2.24. The van der Waals surface area contributed by atoms with Crippen LogP contribution >= 0.6 is 0 Å². The Morgan fingerprint density at radius 3 is 1.82 bits per heavy atom. The maximum absolute atomic E-state index is 5.55. The number of rotatable bonds is 5. The summed E-state index contributed by atoms with van der Waals surface area (Å²) in [5.41, 5.74) is 17.4. The normalized spacial score (nSPS) is 15.6. The Balaban J connectivity index is 0. The summed E-state index contributed by atoms with van der Waals surface area (Å²) in [5.74, 6) is 0.679. The maximum Gasteiger partial charge on any atom is 0.00548 e. The van der Waals surface area contributed by atoms with E-state index >= 15 is 0 Å². The van der Waals surface area contributed by atoms with Crippen molar-refractivity contribution in [1.29, 1.82) is 0 Å². The van der Waals surface area contributed by atoms with Gasteiger partial charge in [-0.25, -0.2) is 0 Å². The van der Waals surface area contributed by atoms with Gasteiger partial charge in [-0.1, -0.05) is 142 Å². The van der Waals surface area contributed by atoms with Crippen molar-refractivity contribution in [3.05, 3.63) is 138 Å². The summed E-state index contributed by atoms with van der Waals surface area (Å²) < 4.78 is 0. The molecule has 0 aliphatic heterocycles. The highest BCUT2D eigenvalue weighted by Crippen LogP contribution is 2.42. The van der Waals surface area contributed by atoms with Crippen LogP contribution in [0.15, 0.2) is 110 Å².